The van der Waals surface area contributed by atoms with Gasteiger partial charge in [0.15, 0.2) is 5.78 Å². The lowest BCUT2D eigenvalue weighted by Gasteiger charge is -2.62. The highest BCUT2D eigenvalue weighted by Gasteiger charge is 2.64. The Labute approximate surface area is 134 Å². The molecule has 0 aromatic carbocycles. The molecule has 122 valence electrons. The Kier molecular flexibility index (Phi) is 2.89. The fraction of sp³-hybridized carbons (Fsp3) is 0.850. The normalized spacial score (nSPS) is 52.8. The standard InChI is InChI=1S/C20H30O2/c1-12-10-20-8-5-15-18(2,3)7-6-17(22)19(15,4)16(20)9-14(21)13(12)11-20/h9,12-13,15,17,22H,5-8,10-11H2,1-4H3/t12-,13-,15-,17+,19-,20-/m1/s1. The number of carbonyl (C=O) groups excluding carboxylic acids is 1. The SMILES string of the molecule is C[C@@H]1C[C@@]23CC[C@@H]4C(C)(C)CC[C@H](O)[C@@]4(C)C2=CC(=O)[C@@H]1C3. The van der Waals surface area contributed by atoms with Gasteiger partial charge >= 0.3 is 0 Å². The zero-order chi connectivity index (χ0) is 15.9. The molecule has 2 nitrogen and oxygen atoms in total. The summed E-state index contributed by atoms with van der Waals surface area (Å²) in [7, 11) is 0. The van der Waals surface area contributed by atoms with Crippen LogP contribution < -0.4 is 0 Å². The Morgan fingerprint density at radius 2 is 1.86 bits per heavy atom. The van der Waals surface area contributed by atoms with E-state index in [-0.39, 0.29) is 28.3 Å². The monoisotopic (exact) mass is 302 g/mol. The lowest BCUT2D eigenvalue weighted by Crippen LogP contribution is -2.57. The van der Waals surface area contributed by atoms with Gasteiger partial charge in [-0.2, -0.15) is 0 Å². The molecule has 6 atom stereocenters. The molecule has 0 unspecified atom stereocenters. The molecule has 0 saturated heterocycles. The number of carbonyl (C=O) groups is 1. The molecule has 0 aromatic heterocycles. The number of aliphatic hydroxyl groups is 1. The summed E-state index contributed by atoms with van der Waals surface area (Å²) in [5.41, 5.74) is 1.63. The van der Waals surface area contributed by atoms with E-state index in [4.69, 9.17) is 0 Å². The molecule has 3 fully saturated rings. The van der Waals surface area contributed by atoms with Gasteiger partial charge in [-0.3, -0.25) is 4.79 Å². The Balaban J connectivity index is 1.86. The van der Waals surface area contributed by atoms with E-state index in [9.17, 15) is 9.90 Å². The van der Waals surface area contributed by atoms with Crippen molar-refractivity contribution < 1.29 is 9.90 Å². The summed E-state index contributed by atoms with van der Waals surface area (Å²) < 4.78 is 0. The fourth-order valence-electron chi connectivity index (χ4n) is 7.04. The first-order valence-corrected chi connectivity index (χ1v) is 9.15. The molecular weight excluding hydrogens is 272 g/mol. The second-order valence-corrected chi connectivity index (χ2v) is 9.65. The third-order valence-corrected chi connectivity index (χ3v) is 8.15. The predicted octanol–water partition coefficient (Wildman–Crippen LogP) is 4.13. The highest BCUT2D eigenvalue weighted by molar-refractivity contribution is 5.95. The molecule has 4 aliphatic rings. The van der Waals surface area contributed by atoms with E-state index in [1.807, 2.05) is 6.08 Å². The molecule has 2 heteroatoms. The Morgan fingerprint density at radius 3 is 2.59 bits per heavy atom. The maximum absolute atomic E-state index is 12.6. The fourth-order valence-corrected chi connectivity index (χ4v) is 7.04. The Morgan fingerprint density at radius 1 is 1.14 bits per heavy atom. The van der Waals surface area contributed by atoms with Gasteiger partial charge in [-0.15, -0.1) is 0 Å². The molecular formula is C20H30O2. The molecule has 0 aliphatic heterocycles. The van der Waals surface area contributed by atoms with Crippen molar-refractivity contribution in [3.8, 4) is 0 Å². The van der Waals surface area contributed by atoms with Crippen molar-refractivity contribution in [2.24, 2.45) is 34.0 Å². The first-order chi connectivity index (χ1) is 10.2. The van der Waals surface area contributed by atoms with Crippen LogP contribution in [0.1, 0.15) is 66.2 Å². The van der Waals surface area contributed by atoms with Gasteiger partial charge in [0.1, 0.15) is 0 Å². The Hall–Kier alpha value is -0.630. The molecule has 2 bridgehead atoms. The van der Waals surface area contributed by atoms with Crippen LogP contribution in [0.15, 0.2) is 11.6 Å². The minimum Gasteiger partial charge on any atom is -0.392 e. The van der Waals surface area contributed by atoms with Gasteiger partial charge in [0.25, 0.3) is 0 Å². The molecule has 0 radical (unpaired) electrons. The van der Waals surface area contributed by atoms with E-state index in [0.29, 0.717) is 17.6 Å². The summed E-state index contributed by atoms with van der Waals surface area (Å²) in [5.74, 6) is 1.60. The highest BCUT2D eigenvalue weighted by Crippen LogP contribution is 2.70. The van der Waals surface area contributed by atoms with Crippen LogP contribution in [-0.2, 0) is 4.79 Å². The molecule has 3 saturated carbocycles. The number of fused-ring (bicyclic) bond motifs is 3. The van der Waals surface area contributed by atoms with Gasteiger partial charge in [-0.1, -0.05) is 33.3 Å². The number of allylic oxidation sites excluding steroid dienone is 1. The van der Waals surface area contributed by atoms with Gasteiger partial charge in [-0.25, -0.2) is 0 Å². The lowest BCUT2D eigenvalue weighted by molar-refractivity contribution is -0.125. The smallest absolute Gasteiger partial charge is 0.159 e. The summed E-state index contributed by atoms with van der Waals surface area (Å²) in [4.78, 5) is 12.6. The van der Waals surface area contributed by atoms with Gasteiger partial charge in [-0.05, 0) is 67.3 Å². The molecule has 4 aliphatic carbocycles. The Bertz CT molecular complexity index is 560. The van der Waals surface area contributed by atoms with Gasteiger partial charge in [0.05, 0.1) is 6.10 Å². The molecule has 0 amide bonds. The highest BCUT2D eigenvalue weighted by atomic mass is 16.3. The van der Waals surface area contributed by atoms with E-state index in [1.165, 1.54) is 18.4 Å². The van der Waals surface area contributed by atoms with Crippen LogP contribution in [0.3, 0.4) is 0 Å². The molecule has 22 heavy (non-hydrogen) atoms. The molecule has 0 heterocycles. The zero-order valence-corrected chi connectivity index (χ0v) is 14.5. The predicted molar refractivity (Wildman–Crippen MR) is 87.3 cm³/mol. The summed E-state index contributed by atoms with van der Waals surface area (Å²) in [6, 6.07) is 0. The van der Waals surface area contributed by atoms with Crippen LogP contribution in [0.25, 0.3) is 0 Å². The van der Waals surface area contributed by atoms with Crippen LogP contribution in [0.2, 0.25) is 0 Å². The number of hydrogen-bond acceptors (Lipinski definition) is 2. The number of aliphatic hydroxyl groups excluding tert-OH is 1. The number of rotatable bonds is 0. The van der Waals surface area contributed by atoms with E-state index >= 15 is 0 Å². The van der Waals surface area contributed by atoms with Crippen molar-refractivity contribution in [3.63, 3.8) is 0 Å². The van der Waals surface area contributed by atoms with Crippen molar-refractivity contribution in [2.45, 2.75) is 72.3 Å². The first kappa shape index (κ1) is 14.9. The molecule has 1 spiro atoms. The van der Waals surface area contributed by atoms with Gasteiger partial charge in [0, 0.05) is 11.3 Å². The zero-order valence-electron chi connectivity index (χ0n) is 14.5. The second-order valence-electron chi connectivity index (χ2n) is 9.65. The number of ketones is 1. The molecule has 1 N–H and O–H groups in total. The van der Waals surface area contributed by atoms with Crippen LogP contribution in [0, 0.1) is 34.0 Å². The van der Waals surface area contributed by atoms with Crippen molar-refractivity contribution in [3.05, 3.63) is 11.6 Å². The summed E-state index contributed by atoms with van der Waals surface area (Å²) in [5, 5.41) is 11.0. The van der Waals surface area contributed by atoms with Crippen molar-refractivity contribution in [1.82, 2.24) is 0 Å². The average molecular weight is 302 g/mol. The quantitative estimate of drug-likeness (QED) is 0.730. The van der Waals surface area contributed by atoms with Crippen LogP contribution in [0.4, 0.5) is 0 Å². The number of hydrogen-bond donors (Lipinski definition) is 1. The van der Waals surface area contributed by atoms with E-state index in [1.54, 1.807) is 0 Å². The van der Waals surface area contributed by atoms with E-state index < -0.39 is 0 Å². The van der Waals surface area contributed by atoms with E-state index in [2.05, 4.69) is 27.7 Å². The van der Waals surface area contributed by atoms with Gasteiger partial charge in [0.2, 0.25) is 0 Å². The van der Waals surface area contributed by atoms with Crippen molar-refractivity contribution in [2.75, 3.05) is 0 Å². The van der Waals surface area contributed by atoms with Crippen LogP contribution in [0.5, 0.6) is 0 Å². The molecule has 0 aromatic rings. The topological polar surface area (TPSA) is 37.3 Å². The average Bonchev–Trinajstić information content (AvgIpc) is 2.72. The third kappa shape index (κ3) is 1.63. The summed E-state index contributed by atoms with van der Waals surface area (Å²) in [6.07, 6.45) is 8.33. The van der Waals surface area contributed by atoms with E-state index in [0.717, 1.165) is 25.7 Å². The third-order valence-electron chi connectivity index (χ3n) is 8.15. The maximum atomic E-state index is 12.6. The maximum Gasteiger partial charge on any atom is 0.159 e. The first-order valence-electron chi connectivity index (χ1n) is 9.15. The summed E-state index contributed by atoms with van der Waals surface area (Å²) >= 11 is 0. The second kappa shape index (κ2) is 4.26. The minimum absolute atomic E-state index is 0.190. The minimum atomic E-state index is -0.283. The van der Waals surface area contributed by atoms with Crippen LogP contribution in [-0.4, -0.2) is 17.0 Å². The lowest BCUT2D eigenvalue weighted by atomic mass is 9.43. The van der Waals surface area contributed by atoms with Crippen molar-refractivity contribution in [1.29, 1.82) is 0 Å². The largest absolute Gasteiger partial charge is 0.392 e. The van der Waals surface area contributed by atoms with Crippen molar-refractivity contribution >= 4 is 5.78 Å². The van der Waals surface area contributed by atoms with Gasteiger partial charge < -0.3 is 5.11 Å². The summed E-state index contributed by atoms with van der Waals surface area (Å²) in [6.45, 7) is 9.26. The molecule has 4 rings (SSSR count). The van der Waals surface area contributed by atoms with Crippen LogP contribution >= 0.6 is 0 Å².